The van der Waals surface area contributed by atoms with Gasteiger partial charge in [0.05, 0.1) is 18.6 Å². The van der Waals surface area contributed by atoms with Gasteiger partial charge in [0.25, 0.3) is 0 Å². The number of rotatable bonds is 2. The Labute approximate surface area is 115 Å². The lowest BCUT2D eigenvalue weighted by atomic mass is 9.85. The molecule has 0 amide bonds. The van der Waals surface area contributed by atoms with Crippen LogP contribution in [-0.4, -0.2) is 26.2 Å². The Morgan fingerprint density at radius 1 is 1.25 bits per heavy atom. The van der Waals surface area contributed by atoms with Crippen molar-refractivity contribution in [3.8, 4) is 0 Å². The molecule has 0 aromatic heterocycles. The van der Waals surface area contributed by atoms with Crippen molar-refractivity contribution in [2.24, 2.45) is 5.92 Å². The number of carbonyl (C=O) groups excluding carboxylic acids is 1. The maximum Gasteiger partial charge on any atom is 0.416 e. The molecule has 6 heteroatoms. The van der Waals surface area contributed by atoms with Gasteiger partial charge in [-0.1, -0.05) is 12.1 Å². The van der Waals surface area contributed by atoms with Gasteiger partial charge in [-0.15, -0.1) is 0 Å². The number of hydrogen-bond donors (Lipinski definition) is 1. The van der Waals surface area contributed by atoms with Crippen LogP contribution in [0.3, 0.4) is 0 Å². The molecule has 1 aromatic rings. The Hall–Kier alpha value is -1.56. The molecule has 0 saturated carbocycles. The summed E-state index contributed by atoms with van der Waals surface area (Å²) in [7, 11) is 1.34. The highest BCUT2D eigenvalue weighted by molar-refractivity contribution is 5.72. The predicted octanol–water partition coefficient (Wildman–Crippen LogP) is 2.57. The van der Waals surface area contributed by atoms with E-state index in [0.717, 1.165) is 17.7 Å². The zero-order chi connectivity index (χ0) is 14.8. The van der Waals surface area contributed by atoms with E-state index in [1.54, 1.807) is 0 Å². The van der Waals surface area contributed by atoms with E-state index in [1.165, 1.54) is 19.2 Å². The molecule has 0 radical (unpaired) electrons. The van der Waals surface area contributed by atoms with Crippen molar-refractivity contribution in [1.29, 1.82) is 0 Å². The maximum absolute atomic E-state index is 12.5. The summed E-state index contributed by atoms with van der Waals surface area (Å²) in [5.74, 6) is -0.509. The lowest BCUT2D eigenvalue weighted by molar-refractivity contribution is -0.146. The third kappa shape index (κ3) is 3.30. The van der Waals surface area contributed by atoms with Crippen LogP contribution < -0.4 is 5.32 Å². The fourth-order valence-electron chi connectivity index (χ4n) is 2.49. The second-order valence-electron chi connectivity index (χ2n) is 4.93. The molecule has 1 fully saturated rings. The van der Waals surface area contributed by atoms with Crippen molar-refractivity contribution in [2.75, 3.05) is 20.2 Å². The van der Waals surface area contributed by atoms with Crippen LogP contribution in [-0.2, 0) is 15.7 Å². The van der Waals surface area contributed by atoms with E-state index in [4.69, 9.17) is 4.74 Å². The molecule has 110 valence electrons. The Bertz CT molecular complexity index is 470. The van der Waals surface area contributed by atoms with Gasteiger partial charge < -0.3 is 10.1 Å². The second kappa shape index (κ2) is 5.83. The summed E-state index contributed by atoms with van der Waals surface area (Å²) < 4.78 is 42.2. The summed E-state index contributed by atoms with van der Waals surface area (Å²) in [6.45, 7) is 1.20. The van der Waals surface area contributed by atoms with Gasteiger partial charge in [-0.05, 0) is 30.0 Å². The molecule has 1 saturated heterocycles. The van der Waals surface area contributed by atoms with E-state index in [9.17, 15) is 18.0 Å². The summed E-state index contributed by atoms with van der Waals surface area (Å²) in [4.78, 5) is 11.5. The largest absolute Gasteiger partial charge is 0.469 e. The smallest absolute Gasteiger partial charge is 0.416 e. The highest BCUT2D eigenvalue weighted by atomic mass is 19.4. The van der Waals surface area contributed by atoms with Crippen LogP contribution in [0.4, 0.5) is 13.2 Å². The van der Waals surface area contributed by atoms with Gasteiger partial charge in [0.15, 0.2) is 0 Å². The van der Waals surface area contributed by atoms with Gasteiger partial charge in [0, 0.05) is 13.1 Å². The number of ether oxygens (including phenoxy) is 1. The maximum atomic E-state index is 12.5. The number of methoxy groups -OCH3 is 1. The SMILES string of the molecule is COC(=O)[C@@H]1CNC[C@@H](c2ccc(C(F)(F)F)cc2)C1. The molecule has 1 aromatic carbocycles. The van der Waals surface area contributed by atoms with E-state index in [-0.39, 0.29) is 17.8 Å². The highest BCUT2D eigenvalue weighted by Crippen LogP contribution is 2.32. The molecular weight excluding hydrogens is 271 g/mol. The minimum atomic E-state index is -4.32. The van der Waals surface area contributed by atoms with E-state index >= 15 is 0 Å². The quantitative estimate of drug-likeness (QED) is 0.850. The van der Waals surface area contributed by atoms with Gasteiger partial charge >= 0.3 is 12.1 Å². The zero-order valence-corrected chi connectivity index (χ0v) is 11.0. The van der Waals surface area contributed by atoms with Gasteiger partial charge in [-0.3, -0.25) is 4.79 Å². The molecule has 0 aliphatic carbocycles. The second-order valence-corrected chi connectivity index (χ2v) is 4.93. The number of esters is 1. The first-order valence-electron chi connectivity index (χ1n) is 6.37. The zero-order valence-electron chi connectivity index (χ0n) is 11.0. The van der Waals surface area contributed by atoms with Gasteiger partial charge in [0.1, 0.15) is 0 Å². The standard InChI is InChI=1S/C14H16F3NO2/c1-20-13(19)11-6-10(7-18-8-11)9-2-4-12(5-3-9)14(15,16)17/h2-5,10-11,18H,6-8H2,1H3/t10-,11-/m0/s1. The molecule has 1 aliphatic heterocycles. The molecule has 3 nitrogen and oxygen atoms in total. The van der Waals surface area contributed by atoms with Crippen LogP contribution in [0, 0.1) is 5.92 Å². The van der Waals surface area contributed by atoms with Crippen LogP contribution in [0.1, 0.15) is 23.5 Å². The Morgan fingerprint density at radius 3 is 2.45 bits per heavy atom. The number of halogens is 3. The van der Waals surface area contributed by atoms with E-state index < -0.39 is 11.7 Å². The van der Waals surface area contributed by atoms with Crippen molar-refractivity contribution in [3.05, 3.63) is 35.4 Å². The number of alkyl halides is 3. The van der Waals surface area contributed by atoms with Crippen molar-refractivity contribution in [2.45, 2.75) is 18.5 Å². The molecule has 2 rings (SSSR count). The molecule has 0 unspecified atom stereocenters. The summed E-state index contributed by atoms with van der Waals surface area (Å²) in [6.07, 6.45) is -3.73. The van der Waals surface area contributed by atoms with Crippen LogP contribution >= 0.6 is 0 Å². The molecule has 0 spiro atoms. The first-order valence-corrected chi connectivity index (χ1v) is 6.37. The van der Waals surface area contributed by atoms with Gasteiger partial charge in [-0.25, -0.2) is 0 Å². The molecule has 20 heavy (non-hydrogen) atoms. The highest BCUT2D eigenvalue weighted by Gasteiger charge is 2.31. The Morgan fingerprint density at radius 2 is 1.90 bits per heavy atom. The molecule has 1 N–H and O–H groups in total. The van der Waals surface area contributed by atoms with Crippen LogP contribution in [0.15, 0.2) is 24.3 Å². The molecule has 2 atom stereocenters. The van der Waals surface area contributed by atoms with Crippen LogP contribution in [0.25, 0.3) is 0 Å². The lowest BCUT2D eigenvalue weighted by Crippen LogP contribution is -2.39. The first-order chi connectivity index (χ1) is 9.41. The number of piperidine rings is 1. The third-order valence-corrected chi connectivity index (χ3v) is 3.59. The summed E-state index contributed by atoms with van der Waals surface area (Å²) in [6, 6.07) is 5.12. The fraction of sp³-hybridized carbons (Fsp3) is 0.500. The van der Waals surface area contributed by atoms with Crippen molar-refractivity contribution in [3.63, 3.8) is 0 Å². The molecule has 1 heterocycles. The van der Waals surface area contributed by atoms with E-state index in [2.05, 4.69) is 5.32 Å². The van der Waals surface area contributed by atoms with Gasteiger partial charge in [0.2, 0.25) is 0 Å². The molecule has 1 aliphatic rings. The first kappa shape index (κ1) is 14.8. The normalized spacial score (nSPS) is 23.4. The number of nitrogens with one attached hydrogen (secondary N) is 1. The number of carbonyl (C=O) groups is 1. The summed E-state index contributed by atoms with van der Waals surface area (Å²) >= 11 is 0. The van der Waals surface area contributed by atoms with Gasteiger partial charge in [-0.2, -0.15) is 13.2 Å². The van der Waals surface area contributed by atoms with Crippen LogP contribution in [0.2, 0.25) is 0 Å². The molecular formula is C14H16F3NO2. The molecule has 0 bridgehead atoms. The topological polar surface area (TPSA) is 38.3 Å². The average molecular weight is 287 g/mol. The van der Waals surface area contributed by atoms with Crippen molar-refractivity contribution in [1.82, 2.24) is 5.32 Å². The minimum absolute atomic E-state index is 0.0233. The van der Waals surface area contributed by atoms with Crippen molar-refractivity contribution < 1.29 is 22.7 Å². The van der Waals surface area contributed by atoms with E-state index in [1.807, 2.05) is 0 Å². The Kier molecular flexibility index (Phi) is 4.32. The third-order valence-electron chi connectivity index (χ3n) is 3.59. The predicted molar refractivity (Wildman–Crippen MR) is 67.2 cm³/mol. The van der Waals surface area contributed by atoms with Crippen LogP contribution in [0.5, 0.6) is 0 Å². The lowest BCUT2D eigenvalue weighted by Gasteiger charge is -2.28. The monoisotopic (exact) mass is 287 g/mol. The average Bonchev–Trinajstić information content (AvgIpc) is 2.46. The fourth-order valence-corrected chi connectivity index (χ4v) is 2.49. The summed E-state index contributed by atoms with van der Waals surface area (Å²) in [5.41, 5.74) is 0.147. The Balaban J connectivity index is 2.09. The van der Waals surface area contributed by atoms with E-state index in [0.29, 0.717) is 19.5 Å². The minimum Gasteiger partial charge on any atom is -0.469 e. The number of benzene rings is 1. The number of hydrogen-bond acceptors (Lipinski definition) is 3. The van der Waals surface area contributed by atoms with Crippen molar-refractivity contribution >= 4 is 5.97 Å². The summed E-state index contributed by atoms with van der Waals surface area (Å²) in [5, 5.41) is 3.12.